The lowest BCUT2D eigenvalue weighted by Gasteiger charge is -2.09. The fourth-order valence-corrected chi connectivity index (χ4v) is 3.17. The fraction of sp³-hybridized carbons (Fsp3) is 0.0909. The molecule has 6 heteroatoms. The molecular weight excluding hydrogens is 355 g/mol. The maximum absolute atomic E-state index is 13.5. The molecule has 0 aliphatic rings. The molecular formula is C22H19FN4O. The number of nitrogens with two attached hydrogens (primary N) is 1. The third-order valence-electron chi connectivity index (χ3n) is 4.65. The molecule has 4 rings (SSSR count). The standard InChI is InChI=1S/C22H19FN4O/c1-14-18-12-17(23)10-11-21(18)27(26-14)13-15-6-8-16(9-7-15)22(28)25-20-5-3-2-4-19(20)24/h2-12H,13,24H2,1H3,(H,25,28). The lowest BCUT2D eigenvalue weighted by Crippen LogP contribution is -2.13. The number of hydrogen-bond donors (Lipinski definition) is 2. The highest BCUT2D eigenvalue weighted by atomic mass is 19.1. The number of nitrogens with one attached hydrogen (secondary N) is 1. The Hall–Kier alpha value is -3.67. The molecule has 140 valence electrons. The Labute approximate surface area is 161 Å². The van der Waals surface area contributed by atoms with Gasteiger partial charge in [0.25, 0.3) is 5.91 Å². The molecule has 5 nitrogen and oxygen atoms in total. The van der Waals surface area contributed by atoms with E-state index in [1.807, 2.05) is 35.9 Å². The van der Waals surface area contributed by atoms with E-state index in [9.17, 15) is 9.18 Å². The van der Waals surface area contributed by atoms with Gasteiger partial charge in [0.2, 0.25) is 0 Å². The quantitative estimate of drug-likeness (QED) is 0.521. The van der Waals surface area contributed by atoms with Crippen LogP contribution < -0.4 is 11.1 Å². The Bertz CT molecular complexity index is 1170. The molecule has 3 N–H and O–H groups in total. The van der Waals surface area contributed by atoms with Crippen LogP contribution in [0.3, 0.4) is 0 Å². The molecule has 0 unspecified atom stereocenters. The van der Waals surface area contributed by atoms with Crippen LogP contribution in [0.5, 0.6) is 0 Å². The summed E-state index contributed by atoms with van der Waals surface area (Å²) in [4.78, 5) is 12.4. The van der Waals surface area contributed by atoms with Crippen LogP contribution in [0.4, 0.5) is 15.8 Å². The molecule has 1 aromatic heterocycles. The molecule has 0 spiro atoms. The number of anilines is 2. The molecule has 1 heterocycles. The predicted molar refractivity (Wildman–Crippen MR) is 109 cm³/mol. The van der Waals surface area contributed by atoms with Gasteiger partial charge in [-0.1, -0.05) is 24.3 Å². The minimum absolute atomic E-state index is 0.222. The van der Waals surface area contributed by atoms with E-state index in [2.05, 4.69) is 10.4 Å². The second-order valence-corrected chi connectivity index (χ2v) is 6.64. The highest BCUT2D eigenvalue weighted by molar-refractivity contribution is 6.05. The number of hydrogen-bond acceptors (Lipinski definition) is 3. The van der Waals surface area contributed by atoms with Crippen molar-refractivity contribution >= 4 is 28.2 Å². The van der Waals surface area contributed by atoms with Gasteiger partial charge in [-0.05, 0) is 55.0 Å². The SMILES string of the molecule is Cc1nn(Cc2ccc(C(=O)Nc3ccccc3N)cc2)c2ccc(F)cc12. The van der Waals surface area contributed by atoms with E-state index in [0.717, 1.165) is 22.2 Å². The van der Waals surface area contributed by atoms with Gasteiger partial charge in [-0.25, -0.2) is 4.39 Å². The molecule has 0 aliphatic carbocycles. The number of carbonyl (C=O) groups excluding carboxylic acids is 1. The fourth-order valence-electron chi connectivity index (χ4n) is 3.17. The highest BCUT2D eigenvalue weighted by Gasteiger charge is 2.10. The average molecular weight is 374 g/mol. The average Bonchev–Trinajstić information content (AvgIpc) is 2.99. The number of amides is 1. The zero-order valence-corrected chi connectivity index (χ0v) is 15.3. The van der Waals surface area contributed by atoms with E-state index in [1.165, 1.54) is 12.1 Å². The number of para-hydroxylation sites is 2. The first kappa shape index (κ1) is 17.7. The van der Waals surface area contributed by atoms with Crippen molar-refractivity contribution in [3.05, 3.63) is 89.4 Å². The Morgan fingerprint density at radius 1 is 1.11 bits per heavy atom. The molecule has 0 atom stereocenters. The Morgan fingerprint density at radius 2 is 1.86 bits per heavy atom. The van der Waals surface area contributed by atoms with Crippen LogP contribution in [0, 0.1) is 12.7 Å². The number of fused-ring (bicyclic) bond motifs is 1. The maximum atomic E-state index is 13.5. The van der Waals surface area contributed by atoms with E-state index in [0.29, 0.717) is 23.5 Å². The molecule has 0 aliphatic heterocycles. The summed E-state index contributed by atoms with van der Waals surface area (Å²) in [6, 6.07) is 19.1. The Morgan fingerprint density at radius 3 is 2.61 bits per heavy atom. The lowest BCUT2D eigenvalue weighted by molar-refractivity contribution is 0.102. The summed E-state index contributed by atoms with van der Waals surface area (Å²) >= 11 is 0. The number of benzene rings is 3. The Kier molecular flexibility index (Phi) is 4.53. The molecule has 3 aromatic carbocycles. The summed E-state index contributed by atoms with van der Waals surface area (Å²) in [6.07, 6.45) is 0. The van der Waals surface area contributed by atoms with Crippen LogP contribution in [-0.4, -0.2) is 15.7 Å². The number of aromatic nitrogens is 2. The van der Waals surface area contributed by atoms with Gasteiger partial charge in [0, 0.05) is 10.9 Å². The number of halogens is 1. The monoisotopic (exact) mass is 374 g/mol. The first-order valence-corrected chi connectivity index (χ1v) is 8.89. The number of aryl methyl sites for hydroxylation is 1. The number of rotatable bonds is 4. The van der Waals surface area contributed by atoms with Crippen LogP contribution in [0.1, 0.15) is 21.6 Å². The van der Waals surface area contributed by atoms with Crippen LogP contribution in [0.2, 0.25) is 0 Å². The van der Waals surface area contributed by atoms with Crippen molar-refractivity contribution in [1.82, 2.24) is 9.78 Å². The number of nitrogen functional groups attached to an aromatic ring is 1. The molecule has 0 bridgehead atoms. The first-order valence-electron chi connectivity index (χ1n) is 8.89. The van der Waals surface area contributed by atoms with Gasteiger partial charge in [0.1, 0.15) is 5.82 Å². The molecule has 0 saturated heterocycles. The summed E-state index contributed by atoms with van der Waals surface area (Å²) < 4.78 is 15.3. The van der Waals surface area contributed by atoms with E-state index in [-0.39, 0.29) is 11.7 Å². The van der Waals surface area contributed by atoms with Gasteiger partial charge in [-0.3, -0.25) is 9.48 Å². The summed E-state index contributed by atoms with van der Waals surface area (Å²) in [6.45, 7) is 2.39. The largest absolute Gasteiger partial charge is 0.397 e. The predicted octanol–water partition coefficient (Wildman–Crippen LogP) is 4.37. The molecule has 0 radical (unpaired) electrons. The van der Waals surface area contributed by atoms with Crippen molar-refractivity contribution in [3.8, 4) is 0 Å². The van der Waals surface area contributed by atoms with Gasteiger partial charge in [-0.2, -0.15) is 5.10 Å². The minimum atomic E-state index is -0.274. The van der Waals surface area contributed by atoms with Crippen molar-refractivity contribution in [1.29, 1.82) is 0 Å². The van der Waals surface area contributed by atoms with Gasteiger partial charge < -0.3 is 11.1 Å². The highest BCUT2D eigenvalue weighted by Crippen LogP contribution is 2.21. The van der Waals surface area contributed by atoms with Crippen LogP contribution in [0.25, 0.3) is 10.9 Å². The molecule has 0 fully saturated rings. The summed E-state index contributed by atoms with van der Waals surface area (Å²) in [5.74, 6) is -0.495. The van der Waals surface area contributed by atoms with Crippen molar-refractivity contribution in [2.45, 2.75) is 13.5 Å². The first-order chi connectivity index (χ1) is 13.5. The van der Waals surface area contributed by atoms with Crippen molar-refractivity contribution in [2.75, 3.05) is 11.1 Å². The second kappa shape index (κ2) is 7.15. The van der Waals surface area contributed by atoms with Crippen molar-refractivity contribution in [2.24, 2.45) is 0 Å². The smallest absolute Gasteiger partial charge is 0.255 e. The van der Waals surface area contributed by atoms with Gasteiger partial charge in [-0.15, -0.1) is 0 Å². The van der Waals surface area contributed by atoms with Gasteiger partial charge >= 0.3 is 0 Å². The van der Waals surface area contributed by atoms with Crippen molar-refractivity contribution in [3.63, 3.8) is 0 Å². The lowest BCUT2D eigenvalue weighted by atomic mass is 10.1. The zero-order chi connectivity index (χ0) is 19.7. The maximum Gasteiger partial charge on any atom is 0.255 e. The summed E-state index contributed by atoms with van der Waals surface area (Å²) in [7, 11) is 0. The van der Waals surface area contributed by atoms with Gasteiger partial charge in [0.15, 0.2) is 0 Å². The second-order valence-electron chi connectivity index (χ2n) is 6.64. The number of carbonyl (C=O) groups is 1. The van der Waals surface area contributed by atoms with E-state index in [4.69, 9.17) is 5.73 Å². The van der Waals surface area contributed by atoms with E-state index in [1.54, 1.807) is 30.3 Å². The third-order valence-corrected chi connectivity index (χ3v) is 4.65. The van der Waals surface area contributed by atoms with E-state index < -0.39 is 0 Å². The van der Waals surface area contributed by atoms with Crippen LogP contribution >= 0.6 is 0 Å². The van der Waals surface area contributed by atoms with Crippen LogP contribution in [0.15, 0.2) is 66.7 Å². The Balaban J connectivity index is 1.52. The molecule has 28 heavy (non-hydrogen) atoms. The molecule has 0 saturated carbocycles. The summed E-state index contributed by atoms with van der Waals surface area (Å²) in [5, 5.41) is 8.12. The summed E-state index contributed by atoms with van der Waals surface area (Å²) in [5.41, 5.74) is 10.2. The van der Waals surface area contributed by atoms with E-state index >= 15 is 0 Å². The van der Waals surface area contributed by atoms with Crippen LogP contribution in [-0.2, 0) is 6.54 Å². The minimum Gasteiger partial charge on any atom is -0.397 e. The topological polar surface area (TPSA) is 72.9 Å². The van der Waals surface area contributed by atoms with Crippen molar-refractivity contribution < 1.29 is 9.18 Å². The van der Waals surface area contributed by atoms with Gasteiger partial charge in [0.05, 0.1) is 29.1 Å². The normalized spacial score (nSPS) is 10.9. The molecule has 1 amide bonds. The number of nitrogens with zero attached hydrogens (tertiary/aromatic N) is 2. The third kappa shape index (κ3) is 3.44. The zero-order valence-electron chi connectivity index (χ0n) is 15.3. The molecule has 4 aromatic rings.